The molecule has 3 aromatic heterocycles. The summed E-state index contributed by atoms with van der Waals surface area (Å²) in [5, 5.41) is 20.3. The highest BCUT2D eigenvalue weighted by Crippen LogP contribution is 2.30. The van der Waals surface area contributed by atoms with Gasteiger partial charge in [0.15, 0.2) is 5.82 Å². The molecule has 0 amide bonds. The molecule has 0 fully saturated rings. The number of ether oxygens (including phenoxy) is 1. The van der Waals surface area contributed by atoms with Gasteiger partial charge in [0.25, 0.3) is 0 Å². The third kappa shape index (κ3) is 3.94. The van der Waals surface area contributed by atoms with Crippen molar-refractivity contribution >= 4 is 22.8 Å². The molecule has 144 valence electrons. The number of aromatic nitrogens is 5. The van der Waals surface area contributed by atoms with Gasteiger partial charge >= 0.3 is 0 Å². The van der Waals surface area contributed by atoms with Crippen LogP contribution in [0.2, 0.25) is 0 Å². The summed E-state index contributed by atoms with van der Waals surface area (Å²) >= 11 is 0. The number of hydrogen-bond acceptors (Lipinski definition) is 7. The normalized spacial score (nSPS) is 11.4. The number of nitrogens with one attached hydrogen (secondary N) is 2. The number of fused-ring (bicyclic) bond motifs is 1. The van der Waals surface area contributed by atoms with E-state index in [1.54, 1.807) is 24.0 Å². The Morgan fingerprint density at radius 2 is 1.93 bits per heavy atom. The second-order valence-corrected chi connectivity index (χ2v) is 6.75. The molecule has 0 spiro atoms. The van der Waals surface area contributed by atoms with Crippen molar-refractivity contribution in [3.05, 3.63) is 30.4 Å². The number of methoxy groups -OCH3 is 1. The van der Waals surface area contributed by atoms with Gasteiger partial charge in [-0.2, -0.15) is 4.52 Å². The Balaban J connectivity index is 2.09. The van der Waals surface area contributed by atoms with Gasteiger partial charge in [-0.15, -0.1) is 15.3 Å². The zero-order valence-electron chi connectivity index (χ0n) is 16.5. The molecule has 0 unspecified atom stereocenters. The summed E-state index contributed by atoms with van der Waals surface area (Å²) in [4.78, 5) is 4.18. The van der Waals surface area contributed by atoms with Crippen LogP contribution in [-0.4, -0.2) is 37.9 Å². The van der Waals surface area contributed by atoms with Crippen LogP contribution in [0, 0.1) is 0 Å². The molecule has 3 heterocycles. The van der Waals surface area contributed by atoms with Crippen molar-refractivity contribution in [3.63, 3.8) is 0 Å². The maximum absolute atomic E-state index is 5.43. The molecule has 8 heteroatoms. The van der Waals surface area contributed by atoms with Crippen LogP contribution in [0.5, 0.6) is 5.75 Å². The van der Waals surface area contributed by atoms with Gasteiger partial charge in [-0.05, 0) is 12.8 Å². The molecular formula is C19H27N7O. The zero-order chi connectivity index (χ0) is 19.4. The number of pyridine rings is 1. The summed E-state index contributed by atoms with van der Waals surface area (Å²) in [7, 11) is 1.64. The lowest BCUT2D eigenvalue weighted by Gasteiger charge is -2.17. The maximum Gasteiger partial charge on any atom is 0.201 e. The highest BCUT2D eigenvalue weighted by Gasteiger charge is 2.17. The first-order valence-corrected chi connectivity index (χ1v) is 9.35. The number of nitrogens with zero attached hydrogens (tertiary/aromatic N) is 5. The van der Waals surface area contributed by atoms with E-state index in [-0.39, 0.29) is 5.92 Å². The minimum atomic E-state index is 0.205. The fourth-order valence-corrected chi connectivity index (χ4v) is 2.92. The maximum atomic E-state index is 5.43. The third-order valence-electron chi connectivity index (χ3n) is 4.52. The van der Waals surface area contributed by atoms with Crippen LogP contribution < -0.4 is 15.4 Å². The molecule has 0 aliphatic carbocycles. The van der Waals surface area contributed by atoms with Crippen molar-refractivity contribution in [1.29, 1.82) is 0 Å². The van der Waals surface area contributed by atoms with Crippen LogP contribution in [0.15, 0.2) is 24.5 Å². The van der Waals surface area contributed by atoms with Gasteiger partial charge in [0, 0.05) is 30.3 Å². The molecule has 0 aliphatic rings. The molecule has 3 rings (SSSR count). The van der Waals surface area contributed by atoms with Crippen molar-refractivity contribution in [2.45, 2.75) is 52.5 Å². The molecule has 0 radical (unpaired) electrons. The van der Waals surface area contributed by atoms with Gasteiger partial charge in [0.2, 0.25) is 5.65 Å². The summed E-state index contributed by atoms with van der Waals surface area (Å²) in [5.41, 5.74) is 2.22. The van der Waals surface area contributed by atoms with Crippen molar-refractivity contribution in [2.24, 2.45) is 0 Å². The molecule has 3 aromatic rings. The van der Waals surface area contributed by atoms with Crippen molar-refractivity contribution in [2.75, 3.05) is 17.7 Å². The molecular weight excluding hydrogens is 342 g/mol. The van der Waals surface area contributed by atoms with Crippen molar-refractivity contribution in [3.8, 4) is 5.75 Å². The second kappa shape index (κ2) is 8.20. The highest BCUT2D eigenvalue weighted by atomic mass is 16.5. The number of anilines is 3. The monoisotopic (exact) mass is 369 g/mol. The average Bonchev–Trinajstić information content (AvgIpc) is 3.11. The predicted molar refractivity (Wildman–Crippen MR) is 107 cm³/mol. The van der Waals surface area contributed by atoms with Crippen LogP contribution in [-0.2, 0) is 0 Å². The van der Waals surface area contributed by atoms with Crippen LogP contribution in [0.25, 0.3) is 5.65 Å². The minimum Gasteiger partial charge on any atom is -0.494 e. The summed E-state index contributed by atoms with van der Waals surface area (Å²) in [5.74, 6) is 2.51. The fraction of sp³-hybridized carbons (Fsp3) is 0.474. The number of hydrogen-bond donors (Lipinski definition) is 2. The molecule has 8 nitrogen and oxygen atoms in total. The van der Waals surface area contributed by atoms with E-state index >= 15 is 0 Å². The lowest BCUT2D eigenvalue weighted by molar-refractivity contribution is 0.416. The van der Waals surface area contributed by atoms with Gasteiger partial charge in [0.05, 0.1) is 24.7 Å². The fourth-order valence-electron chi connectivity index (χ4n) is 2.92. The van der Waals surface area contributed by atoms with Crippen molar-refractivity contribution < 1.29 is 4.74 Å². The Morgan fingerprint density at radius 3 is 2.59 bits per heavy atom. The molecule has 0 bridgehead atoms. The van der Waals surface area contributed by atoms with E-state index in [0.29, 0.717) is 17.4 Å². The van der Waals surface area contributed by atoms with E-state index in [4.69, 9.17) is 9.84 Å². The predicted octanol–water partition coefficient (Wildman–Crippen LogP) is 4.00. The van der Waals surface area contributed by atoms with Crippen LogP contribution in [0.1, 0.15) is 52.3 Å². The topological polar surface area (TPSA) is 89.3 Å². The molecule has 2 N–H and O–H groups in total. The first-order valence-electron chi connectivity index (χ1n) is 9.35. The van der Waals surface area contributed by atoms with Crippen molar-refractivity contribution in [1.82, 2.24) is 24.8 Å². The Hall–Kier alpha value is -2.90. The molecule has 27 heavy (non-hydrogen) atoms. The van der Waals surface area contributed by atoms with Gasteiger partial charge < -0.3 is 15.4 Å². The van der Waals surface area contributed by atoms with E-state index < -0.39 is 0 Å². The third-order valence-corrected chi connectivity index (χ3v) is 4.52. The number of rotatable bonds is 8. The van der Waals surface area contributed by atoms with Gasteiger partial charge in [0.1, 0.15) is 11.6 Å². The summed E-state index contributed by atoms with van der Waals surface area (Å²) in [6.07, 6.45) is 5.47. The Labute approximate surface area is 159 Å². The van der Waals surface area contributed by atoms with E-state index in [1.165, 1.54) is 0 Å². The largest absolute Gasteiger partial charge is 0.494 e. The zero-order valence-corrected chi connectivity index (χ0v) is 16.5. The molecule has 0 saturated heterocycles. The summed E-state index contributed by atoms with van der Waals surface area (Å²) in [6.45, 7) is 8.49. The van der Waals surface area contributed by atoms with E-state index in [0.717, 1.165) is 35.9 Å². The Kier molecular flexibility index (Phi) is 5.73. The Morgan fingerprint density at radius 1 is 1.15 bits per heavy atom. The molecule has 0 saturated carbocycles. The van der Waals surface area contributed by atoms with Crippen LogP contribution >= 0.6 is 0 Å². The standard InChI is InChI=1S/C19H27N7O/c1-6-13(7-2)21-17-10-14(22-15-11-20-9-8-16(15)27-5)19-24-23-18(12(3)4)26(19)25-17/h8-13,22H,6-7H2,1-5H3,(H,21,25). The summed E-state index contributed by atoms with van der Waals surface area (Å²) in [6, 6.07) is 4.13. The van der Waals surface area contributed by atoms with Gasteiger partial charge in [-0.3, -0.25) is 4.98 Å². The van der Waals surface area contributed by atoms with Gasteiger partial charge in [-0.1, -0.05) is 27.7 Å². The van der Waals surface area contributed by atoms with Crippen LogP contribution in [0.3, 0.4) is 0 Å². The first-order chi connectivity index (χ1) is 13.1. The Bertz CT molecular complexity index is 902. The lowest BCUT2D eigenvalue weighted by Crippen LogP contribution is -2.19. The lowest BCUT2D eigenvalue weighted by atomic mass is 10.2. The summed E-state index contributed by atoms with van der Waals surface area (Å²) < 4.78 is 7.23. The van der Waals surface area contributed by atoms with E-state index in [2.05, 4.69) is 53.5 Å². The van der Waals surface area contributed by atoms with Gasteiger partial charge in [-0.25, -0.2) is 0 Å². The van der Waals surface area contributed by atoms with E-state index in [1.807, 2.05) is 12.1 Å². The highest BCUT2D eigenvalue weighted by molar-refractivity contribution is 5.77. The molecule has 0 aromatic carbocycles. The molecule has 0 aliphatic heterocycles. The smallest absolute Gasteiger partial charge is 0.201 e. The second-order valence-electron chi connectivity index (χ2n) is 6.75. The first kappa shape index (κ1) is 18.9. The molecule has 0 atom stereocenters. The van der Waals surface area contributed by atoms with Crippen LogP contribution in [0.4, 0.5) is 17.2 Å². The average molecular weight is 369 g/mol. The van der Waals surface area contributed by atoms with E-state index in [9.17, 15) is 0 Å². The quantitative estimate of drug-likeness (QED) is 0.620. The SMILES string of the molecule is CCC(CC)Nc1cc(Nc2cnccc2OC)c2nnc(C(C)C)n2n1. The minimum absolute atomic E-state index is 0.205.